The molecule has 1 aliphatic rings. The zero-order valence-corrected chi connectivity index (χ0v) is 25.5. The number of methoxy groups -OCH3 is 1. The summed E-state index contributed by atoms with van der Waals surface area (Å²) in [5.74, 6) is 2.02. The summed E-state index contributed by atoms with van der Waals surface area (Å²) in [6.45, 7) is 12.2. The molecule has 2 aromatic carbocycles. The van der Waals surface area contributed by atoms with Gasteiger partial charge in [-0.25, -0.2) is 0 Å². The van der Waals surface area contributed by atoms with Crippen LogP contribution >= 0.6 is 15.9 Å². The van der Waals surface area contributed by atoms with Crippen LogP contribution in [0.15, 0.2) is 34.8 Å². The van der Waals surface area contributed by atoms with Gasteiger partial charge in [0.25, 0.3) is 0 Å². The Morgan fingerprint density at radius 2 is 1.65 bits per heavy atom. The molecule has 1 fully saturated rings. The predicted octanol–water partition coefficient (Wildman–Crippen LogP) is 8.76. The third-order valence-corrected chi connectivity index (χ3v) is 7.63. The number of nitrogens with one attached hydrogen (secondary N) is 1. The number of benzene rings is 2. The number of ketones is 1. The summed E-state index contributed by atoms with van der Waals surface area (Å²) >= 11 is 3.39. The van der Waals surface area contributed by atoms with E-state index in [4.69, 9.17) is 10.5 Å². The lowest BCUT2D eigenvalue weighted by atomic mass is 9.80. The van der Waals surface area contributed by atoms with Gasteiger partial charge in [-0.1, -0.05) is 69.0 Å². The standard InChI is InChI=1S/C17H25NO2.C10H12BrNO.C4H10/c1-4-13-6-8-14(9-7-13)17(19)18-15-10-5-12(2)16(11-15)20-3;1-3-8-9(6(2)13)4-7(12)5-10(8)11;1-3-4-2/h5,10-11,13-14H,4,6-9H2,1-3H3,(H,18,19);4-5H,3,12H2,1-2H3;3-4H2,1-2H3. The fourth-order valence-corrected chi connectivity index (χ4v) is 5.06. The number of carbonyl (C=O) groups is 2. The molecule has 3 N–H and O–H groups in total. The van der Waals surface area contributed by atoms with Gasteiger partial charge in [0.15, 0.2) is 5.78 Å². The summed E-state index contributed by atoms with van der Waals surface area (Å²) in [6.07, 6.45) is 9.12. The largest absolute Gasteiger partial charge is 0.496 e. The van der Waals surface area contributed by atoms with Crippen LogP contribution in [0.25, 0.3) is 0 Å². The molecule has 1 aliphatic carbocycles. The lowest BCUT2D eigenvalue weighted by molar-refractivity contribution is -0.121. The molecule has 2 aromatic rings. The summed E-state index contributed by atoms with van der Waals surface area (Å²) in [4.78, 5) is 23.5. The van der Waals surface area contributed by atoms with Crippen LogP contribution in [0.5, 0.6) is 5.75 Å². The highest BCUT2D eigenvalue weighted by molar-refractivity contribution is 9.10. The number of amides is 1. The smallest absolute Gasteiger partial charge is 0.227 e. The number of aryl methyl sites for hydroxylation is 1. The van der Waals surface area contributed by atoms with Gasteiger partial charge in [-0.05, 0) is 81.2 Å². The molecule has 0 saturated heterocycles. The summed E-state index contributed by atoms with van der Waals surface area (Å²) in [5, 5.41) is 3.03. The SMILES string of the molecule is CCC1CCC(C(=O)Nc2ccc(C)c(OC)c2)CC1.CCCC.CCc1c(Br)cc(N)cc1C(C)=O. The third kappa shape index (κ3) is 10.9. The van der Waals surface area contributed by atoms with E-state index in [0.29, 0.717) is 5.69 Å². The topological polar surface area (TPSA) is 81.4 Å². The second-order valence-electron chi connectivity index (χ2n) is 9.74. The van der Waals surface area contributed by atoms with Crippen molar-refractivity contribution >= 4 is 39.0 Å². The lowest BCUT2D eigenvalue weighted by Gasteiger charge is -2.27. The van der Waals surface area contributed by atoms with Crippen LogP contribution in [0.4, 0.5) is 11.4 Å². The summed E-state index contributed by atoms with van der Waals surface area (Å²) in [7, 11) is 1.65. The van der Waals surface area contributed by atoms with E-state index in [1.807, 2.05) is 38.1 Å². The van der Waals surface area contributed by atoms with Gasteiger partial charge < -0.3 is 15.8 Å². The average molecular weight is 576 g/mol. The Balaban J connectivity index is 0.000000346. The highest BCUT2D eigenvalue weighted by Gasteiger charge is 2.25. The van der Waals surface area contributed by atoms with Gasteiger partial charge in [0.2, 0.25) is 5.91 Å². The number of nitrogen functional groups attached to an aromatic ring is 1. The van der Waals surface area contributed by atoms with Crippen LogP contribution in [0.2, 0.25) is 0 Å². The molecule has 1 amide bonds. The fourth-order valence-electron chi connectivity index (χ4n) is 4.31. The molecular weight excluding hydrogens is 528 g/mol. The minimum absolute atomic E-state index is 0.0600. The quantitative estimate of drug-likeness (QED) is 0.255. The van der Waals surface area contributed by atoms with Gasteiger partial charge in [0.05, 0.1) is 7.11 Å². The maximum atomic E-state index is 12.3. The Hall–Kier alpha value is -2.34. The van der Waals surface area contributed by atoms with Crippen molar-refractivity contribution in [1.29, 1.82) is 0 Å². The van der Waals surface area contributed by atoms with Crippen molar-refractivity contribution in [3.05, 3.63) is 51.5 Å². The molecule has 0 aliphatic heterocycles. The number of nitrogens with two attached hydrogens (primary N) is 1. The first-order chi connectivity index (χ1) is 17.6. The Morgan fingerprint density at radius 3 is 2.14 bits per heavy atom. The van der Waals surface area contributed by atoms with Gasteiger partial charge in [-0.15, -0.1) is 0 Å². The van der Waals surface area contributed by atoms with Crippen molar-refractivity contribution in [2.45, 2.75) is 92.9 Å². The number of anilines is 2. The number of halogens is 1. The first-order valence-electron chi connectivity index (χ1n) is 13.7. The molecular formula is C31H47BrN2O3. The van der Waals surface area contributed by atoms with Gasteiger partial charge in [0, 0.05) is 33.4 Å². The number of carbonyl (C=O) groups excluding carboxylic acids is 2. The summed E-state index contributed by atoms with van der Waals surface area (Å²) < 4.78 is 6.21. The molecule has 3 rings (SSSR count). The first kappa shape index (κ1) is 32.7. The minimum atomic E-state index is 0.0600. The zero-order valence-electron chi connectivity index (χ0n) is 23.9. The number of Topliss-reactive ketones (excluding diaryl/α,β-unsaturated/α-hetero) is 1. The minimum Gasteiger partial charge on any atom is -0.496 e. The molecule has 6 heteroatoms. The highest BCUT2D eigenvalue weighted by Crippen LogP contribution is 2.32. The highest BCUT2D eigenvalue weighted by atomic mass is 79.9. The Labute approximate surface area is 233 Å². The number of hydrogen-bond donors (Lipinski definition) is 2. The Bertz CT molecular complexity index is 996. The molecule has 0 heterocycles. The van der Waals surface area contributed by atoms with E-state index < -0.39 is 0 Å². The van der Waals surface area contributed by atoms with Crippen LogP contribution in [0, 0.1) is 18.8 Å². The summed E-state index contributed by atoms with van der Waals surface area (Å²) in [5.41, 5.74) is 9.91. The van der Waals surface area contributed by atoms with Gasteiger partial charge in [0.1, 0.15) is 5.75 Å². The maximum absolute atomic E-state index is 12.3. The second-order valence-corrected chi connectivity index (χ2v) is 10.6. The Morgan fingerprint density at radius 1 is 1.03 bits per heavy atom. The van der Waals surface area contributed by atoms with Gasteiger partial charge in [-0.2, -0.15) is 0 Å². The van der Waals surface area contributed by atoms with E-state index >= 15 is 0 Å². The summed E-state index contributed by atoms with van der Waals surface area (Å²) in [6, 6.07) is 9.36. The van der Waals surface area contributed by atoms with Crippen molar-refractivity contribution in [2.75, 3.05) is 18.2 Å². The lowest BCUT2D eigenvalue weighted by Crippen LogP contribution is -2.27. The maximum Gasteiger partial charge on any atom is 0.227 e. The number of rotatable bonds is 7. The molecule has 0 bridgehead atoms. The molecule has 1 saturated carbocycles. The van der Waals surface area contributed by atoms with Crippen LogP contribution in [0.3, 0.4) is 0 Å². The monoisotopic (exact) mass is 574 g/mol. The van der Waals surface area contributed by atoms with E-state index in [2.05, 4.69) is 42.0 Å². The normalized spacial score (nSPS) is 16.4. The van der Waals surface area contributed by atoms with Crippen molar-refractivity contribution in [2.24, 2.45) is 11.8 Å². The van der Waals surface area contributed by atoms with E-state index in [1.54, 1.807) is 20.1 Å². The van der Waals surface area contributed by atoms with Crippen molar-refractivity contribution < 1.29 is 14.3 Å². The van der Waals surface area contributed by atoms with Crippen LogP contribution in [-0.4, -0.2) is 18.8 Å². The fraction of sp³-hybridized carbons (Fsp3) is 0.548. The van der Waals surface area contributed by atoms with E-state index in [0.717, 1.165) is 57.8 Å². The van der Waals surface area contributed by atoms with Crippen LogP contribution < -0.4 is 15.8 Å². The number of hydrogen-bond acceptors (Lipinski definition) is 4. The van der Waals surface area contributed by atoms with Crippen molar-refractivity contribution in [1.82, 2.24) is 0 Å². The Kier molecular flexibility index (Phi) is 15.2. The first-order valence-corrected chi connectivity index (χ1v) is 14.4. The molecule has 0 radical (unpaired) electrons. The van der Waals surface area contributed by atoms with E-state index in [-0.39, 0.29) is 17.6 Å². The molecule has 206 valence electrons. The molecule has 37 heavy (non-hydrogen) atoms. The van der Waals surface area contributed by atoms with E-state index in [1.165, 1.54) is 32.1 Å². The van der Waals surface area contributed by atoms with Crippen LogP contribution in [0.1, 0.15) is 101 Å². The van der Waals surface area contributed by atoms with Crippen LogP contribution in [-0.2, 0) is 11.2 Å². The molecule has 0 aromatic heterocycles. The molecule has 5 nitrogen and oxygen atoms in total. The zero-order chi connectivity index (χ0) is 28.0. The van der Waals surface area contributed by atoms with E-state index in [9.17, 15) is 9.59 Å². The molecule has 0 spiro atoms. The molecule has 0 unspecified atom stereocenters. The number of unbranched alkanes of at least 4 members (excludes halogenated alkanes) is 1. The molecule has 0 atom stereocenters. The van der Waals surface area contributed by atoms with Crippen molar-refractivity contribution in [3.8, 4) is 5.75 Å². The number of ether oxygens (including phenoxy) is 1. The second kappa shape index (κ2) is 17.2. The van der Waals surface area contributed by atoms with Gasteiger partial charge in [-0.3, -0.25) is 9.59 Å². The van der Waals surface area contributed by atoms with Crippen molar-refractivity contribution in [3.63, 3.8) is 0 Å². The van der Waals surface area contributed by atoms with Gasteiger partial charge >= 0.3 is 0 Å². The predicted molar refractivity (Wildman–Crippen MR) is 161 cm³/mol. The average Bonchev–Trinajstić information content (AvgIpc) is 2.89. The third-order valence-electron chi connectivity index (χ3n) is 6.92.